The number of fused-ring (bicyclic) bond motifs is 2. The summed E-state index contributed by atoms with van der Waals surface area (Å²) >= 11 is 0. The van der Waals surface area contributed by atoms with E-state index in [2.05, 4.69) is 35.1 Å². The van der Waals surface area contributed by atoms with Gasteiger partial charge in [-0.05, 0) is 65.7 Å². The van der Waals surface area contributed by atoms with E-state index in [1.165, 1.54) is 17.4 Å². The van der Waals surface area contributed by atoms with Gasteiger partial charge in [0.15, 0.2) is 0 Å². The van der Waals surface area contributed by atoms with E-state index < -0.39 is 11.6 Å². The highest BCUT2D eigenvalue weighted by atomic mass is 16.3. The maximum atomic E-state index is 13.6. The molecule has 6 nitrogen and oxygen atoms in total. The molecular weight excluding hydrogens is 438 g/mol. The van der Waals surface area contributed by atoms with Crippen molar-refractivity contribution in [2.24, 2.45) is 0 Å². The number of hydrogen-bond donors (Lipinski definition) is 0. The molecule has 0 saturated carbocycles. The van der Waals surface area contributed by atoms with Crippen molar-refractivity contribution < 1.29 is 14.0 Å². The fourth-order valence-electron chi connectivity index (χ4n) is 4.84. The first kappa shape index (κ1) is 21.3. The normalized spacial score (nSPS) is 13.3. The molecule has 0 saturated heterocycles. The second-order valence-electron chi connectivity index (χ2n) is 9.02. The quantitative estimate of drug-likeness (QED) is 0.257. The van der Waals surface area contributed by atoms with Crippen molar-refractivity contribution >= 4 is 17.1 Å². The number of aromatic nitrogens is 2. The summed E-state index contributed by atoms with van der Waals surface area (Å²) in [4.78, 5) is 33.1. The molecule has 35 heavy (non-hydrogen) atoms. The number of rotatable bonds is 6. The summed E-state index contributed by atoms with van der Waals surface area (Å²) in [6, 6.07) is 21.4. The Hall–Kier alpha value is -4.29. The average Bonchev–Trinajstić information content (AvgIpc) is 3.61. The molecule has 0 aliphatic carbocycles. The molecule has 6 heteroatoms. The Morgan fingerprint density at radius 3 is 2.54 bits per heavy atom. The molecular formula is C29H23N3O3. The number of hydrogen-bond acceptors (Lipinski definition) is 5. The standard InChI is InChI=1S/C29H23N3O3/c1-31-17-22-10-9-21(15-23(22)18-31)25-16-24-4-2-3-12-32(24)27(25)28(34)26(33)14-19-5-7-20(8-6-19)29-30-11-13-35-29/h2-13,15-16H,14,17-18H2,1H3. The second-order valence-corrected chi connectivity index (χ2v) is 9.02. The number of pyridine rings is 1. The van der Waals surface area contributed by atoms with E-state index in [0.29, 0.717) is 11.6 Å². The summed E-state index contributed by atoms with van der Waals surface area (Å²) in [5.41, 5.74) is 7.18. The predicted molar refractivity (Wildman–Crippen MR) is 133 cm³/mol. The molecule has 1 aliphatic rings. The summed E-state index contributed by atoms with van der Waals surface area (Å²) in [7, 11) is 2.09. The van der Waals surface area contributed by atoms with E-state index in [1.807, 2.05) is 59.1 Å². The third-order valence-electron chi connectivity index (χ3n) is 6.54. The van der Waals surface area contributed by atoms with Crippen molar-refractivity contribution in [3.05, 3.63) is 108 Å². The number of carbonyl (C=O) groups is 2. The Kier molecular flexibility index (Phi) is 5.16. The van der Waals surface area contributed by atoms with Crippen LogP contribution in [0, 0.1) is 0 Å². The summed E-state index contributed by atoms with van der Waals surface area (Å²) in [6.07, 6.45) is 4.97. The molecule has 4 heterocycles. The van der Waals surface area contributed by atoms with Gasteiger partial charge in [0.25, 0.3) is 0 Å². The van der Waals surface area contributed by atoms with Crippen molar-refractivity contribution in [1.29, 1.82) is 0 Å². The molecule has 5 aromatic rings. The SMILES string of the molecule is CN1Cc2ccc(-c3cc4ccccn4c3C(=O)C(=O)Cc3ccc(-c4ncco4)cc3)cc2C1. The van der Waals surface area contributed by atoms with Gasteiger partial charge in [0, 0.05) is 42.4 Å². The van der Waals surface area contributed by atoms with Gasteiger partial charge in [-0.25, -0.2) is 4.98 Å². The summed E-state index contributed by atoms with van der Waals surface area (Å²) in [5.74, 6) is -0.413. The Balaban J connectivity index is 1.33. The molecule has 172 valence electrons. The molecule has 0 unspecified atom stereocenters. The highest BCUT2D eigenvalue weighted by Gasteiger charge is 2.26. The van der Waals surface area contributed by atoms with E-state index in [1.54, 1.807) is 6.20 Å². The lowest BCUT2D eigenvalue weighted by molar-refractivity contribution is -0.114. The maximum Gasteiger partial charge on any atom is 0.246 e. The molecule has 0 bridgehead atoms. The smallest absolute Gasteiger partial charge is 0.246 e. The molecule has 0 atom stereocenters. The molecule has 1 aliphatic heterocycles. The zero-order valence-corrected chi connectivity index (χ0v) is 19.3. The molecule has 2 aromatic carbocycles. The van der Waals surface area contributed by atoms with E-state index >= 15 is 0 Å². The minimum absolute atomic E-state index is 0.0270. The molecule has 0 amide bonds. The van der Waals surface area contributed by atoms with Gasteiger partial charge in [-0.3, -0.25) is 14.5 Å². The van der Waals surface area contributed by atoms with Crippen molar-refractivity contribution in [3.8, 4) is 22.6 Å². The lowest BCUT2D eigenvalue weighted by Gasteiger charge is -2.08. The van der Waals surface area contributed by atoms with Crippen LogP contribution in [0.3, 0.4) is 0 Å². The van der Waals surface area contributed by atoms with Crippen LogP contribution in [0.1, 0.15) is 27.2 Å². The third-order valence-corrected chi connectivity index (χ3v) is 6.54. The summed E-state index contributed by atoms with van der Waals surface area (Å²) < 4.78 is 7.14. The Labute approximate surface area is 202 Å². The van der Waals surface area contributed by atoms with Crippen molar-refractivity contribution in [2.75, 3.05) is 7.05 Å². The molecule has 0 fully saturated rings. The van der Waals surface area contributed by atoms with Crippen LogP contribution in [0.5, 0.6) is 0 Å². The van der Waals surface area contributed by atoms with Crippen LogP contribution in [-0.4, -0.2) is 32.9 Å². The van der Waals surface area contributed by atoms with Crippen molar-refractivity contribution in [2.45, 2.75) is 19.5 Å². The van der Waals surface area contributed by atoms with Gasteiger partial charge < -0.3 is 8.82 Å². The fourth-order valence-corrected chi connectivity index (χ4v) is 4.84. The number of ketones is 2. The molecule has 6 rings (SSSR count). The Morgan fingerprint density at radius 1 is 0.943 bits per heavy atom. The van der Waals surface area contributed by atoms with Crippen LogP contribution in [0.25, 0.3) is 28.1 Å². The van der Waals surface area contributed by atoms with Crippen molar-refractivity contribution in [1.82, 2.24) is 14.3 Å². The highest BCUT2D eigenvalue weighted by molar-refractivity contribution is 6.45. The molecule has 0 spiro atoms. The molecule has 0 radical (unpaired) electrons. The first-order valence-electron chi connectivity index (χ1n) is 11.5. The van der Waals surface area contributed by atoms with Gasteiger partial charge in [-0.15, -0.1) is 0 Å². The number of carbonyl (C=O) groups excluding carboxylic acids is 2. The van der Waals surface area contributed by atoms with Crippen LogP contribution in [0.4, 0.5) is 0 Å². The van der Waals surface area contributed by atoms with Gasteiger partial charge in [-0.1, -0.05) is 30.3 Å². The van der Waals surface area contributed by atoms with Crippen LogP contribution in [0.15, 0.2) is 89.8 Å². The average molecular weight is 462 g/mol. The van der Waals surface area contributed by atoms with Crippen LogP contribution in [0.2, 0.25) is 0 Å². The Morgan fingerprint density at radius 2 is 1.74 bits per heavy atom. The third kappa shape index (κ3) is 3.88. The van der Waals surface area contributed by atoms with Gasteiger partial charge in [-0.2, -0.15) is 0 Å². The zero-order chi connectivity index (χ0) is 23.9. The van der Waals surface area contributed by atoms with Crippen molar-refractivity contribution in [3.63, 3.8) is 0 Å². The van der Waals surface area contributed by atoms with E-state index in [0.717, 1.165) is 40.9 Å². The fraction of sp³-hybridized carbons (Fsp3) is 0.138. The molecule has 0 N–H and O–H groups in total. The second kappa shape index (κ2) is 8.49. The minimum atomic E-state index is -0.486. The van der Waals surface area contributed by atoms with E-state index in [-0.39, 0.29) is 6.42 Å². The number of nitrogens with zero attached hydrogens (tertiary/aromatic N) is 3. The summed E-state index contributed by atoms with van der Waals surface area (Å²) in [6.45, 7) is 1.80. The van der Waals surface area contributed by atoms with Crippen LogP contribution in [-0.2, 0) is 24.3 Å². The van der Waals surface area contributed by atoms with Crippen LogP contribution >= 0.6 is 0 Å². The maximum absolute atomic E-state index is 13.6. The minimum Gasteiger partial charge on any atom is -0.445 e. The molecule has 3 aromatic heterocycles. The monoisotopic (exact) mass is 461 g/mol. The van der Waals surface area contributed by atoms with Gasteiger partial charge in [0.05, 0.1) is 6.20 Å². The van der Waals surface area contributed by atoms with Gasteiger partial charge in [0.2, 0.25) is 17.5 Å². The lowest BCUT2D eigenvalue weighted by Crippen LogP contribution is -2.19. The summed E-state index contributed by atoms with van der Waals surface area (Å²) in [5, 5.41) is 0. The largest absolute Gasteiger partial charge is 0.445 e. The topological polar surface area (TPSA) is 67.8 Å². The predicted octanol–water partition coefficient (Wildman–Crippen LogP) is 5.20. The van der Waals surface area contributed by atoms with Crippen LogP contribution < -0.4 is 0 Å². The van der Waals surface area contributed by atoms with Gasteiger partial charge in [0.1, 0.15) is 12.0 Å². The highest BCUT2D eigenvalue weighted by Crippen LogP contribution is 2.32. The Bertz CT molecular complexity index is 1560. The number of Topliss-reactive ketones (excluding diaryl/α,β-unsaturated/α-hetero) is 2. The zero-order valence-electron chi connectivity index (χ0n) is 19.3. The van der Waals surface area contributed by atoms with E-state index in [9.17, 15) is 9.59 Å². The number of benzene rings is 2. The lowest BCUT2D eigenvalue weighted by atomic mass is 9.97. The van der Waals surface area contributed by atoms with Gasteiger partial charge >= 0.3 is 0 Å². The number of oxazole rings is 1. The first-order valence-corrected chi connectivity index (χ1v) is 11.5. The first-order chi connectivity index (χ1) is 17.1. The van der Waals surface area contributed by atoms with E-state index in [4.69, 9.17) is 4.42 Å².